The molecule has 0 radical (unpaired) electrons. The highest BCUT2D eigenvalue weighted by molar-refractivity contribution is 5.88. The second-order valence-electron chi connectivity index (χ2n) is 11.4. The number of carbonyl (C=O) groups is 1. The smallest absolute Gasteiger partial charge is 0.341 e. The average molecular weight is 460 g/mol. The van der Waals surface area contributed by atoms with Crippen molar-refractivity contribution in [3.63, 3.8) is 0 Å². The Bertz CT molecular complexity index is 1330. The maximum atomic E-state index is 12.7. The second-order valence-corrected chi connectivity index (χ2v) is 11.4. The molecule has 4 fully saturated rings. The van der Waals surface area contributed by atoms with E-state index < -0.39 is 11.4 Å². The number of fused-ring (bicyclic) bond motifs is 6. The number of carboxylic acids is 1. The zero-order valence-electron chi connectivity index (χ0n) is 19.9. The molecular formula is C27H29N3O4. The Morgan fingerprint density at radius 1 is 1.26 bits per heavy atom. The summed E-state index contributed by atoms with van der Waals surface area (Å²) in [6.07, 6.45) is 6.99. The van der Waals surface area contributed by atoms with Crippen molar-refractivity contribution in [3.05, 3.63) is 51.3 Å². The van der Waals surface area contributed by atoms with Crippen LogP contribution in [0.15, 0.2) is 29.2 Å². The molecule has 0 unspecified atom stereocenters. The highest BCUT2D eigenvalue weighted by Gasteiger charge is 2.68. The molecule has 3 heterocycles. The van der Waals surface area contributed by atoms with E-state index in [2.05, 4.69) is 44.0 Å². The van der Waals surface area contributed by atoms with Gasteiger partial charge in [0.25, 0.3) is 0 Å². The molecule has 1 aromatic carbocycles. The first-order valence-electron chi connectivity index (χ1n) is 12.1. The van der Waals surface area contributed by atoms with Crippen LogP contribution in [0.4, 0.5) is 0 Å². The third-order valence-corrected chi connectivity index (χ3v) is 8.60. The molecule has 0 amide bonds. The molecule has 176 valence electrons. The number of nitrogens with zero attached hydrogens (tertiary/aromatic N) is 3. The molecule has 34 heavy (non-hydrogen) atoms. The van der Waals surface area contributed by atoms with Gasteiger partial charge in [-0.1, -0.05) is 6.92 Å². The van der Waals surface area contributed by atoms with E-state index in [1.54, 1.807) is 0 Å². The lowest BCUT2D eigenvalue weighted by Gasteiger charge is -2.66. The van der Waals surface area contributed by atoms with Crippen LogP contribution < -0.4 is 15.2 Å². The number of aryl methyl sites for hydroxylation is 1. The zero-order chi connectivity index (χ0) is 24.0. The molecule has 2 aliphatic heterocycles. The lowest BCUT2D eigenvalue weighted by atomic mass is 9.36. The van der Waals surface area contributed by atoms with Gasteiger partial charge in [-0.05, 0) is 75.6 Å². The summed E-state index contributed by atoms with van der Waals surface area (Å²) in [6.45, 7) is 7.05. The summed E-state index contributed by atoms with van der Waals surface area (Å²) in [7, 11) is 0. The quantitative estimate of drug-likeness (QED) is 0.711. The molecule has 1 saturated heterocycles. The van der Waals surface area contributed by atoms with E-state index in [1.165, 1.54) is 12.3 Å². The number of pyridine rings is 1. The highest BCUT2D eigenvalue weighted by Crippen LogP contribution is 2.73. The number of rotatable bonds is 5. The van der Waals surface area contributed by atoms with Gasteiger partial charge in [-0.15, -0.1) is 0 Å². The normalized spacial score (nSPS) is 29.1. The van der Waals surface area contributed by atoms with Crippen molar-refractivity contribution < 1.29 is 14.6 Å². The Hall–Kier alpha value is -3.27. The van der Waals surface area contributed by atoms with Crippen LogP contribution in [0.5, 0.6) is 5.75 Å². The van der Waals surface area contributed by atoms with E-state index in [0.29, 0.717) is 6.61 Å². The molecule has 0 spiro atoms. The van der Waals surface area contributed by atoms with E-state index in [-0.39, 0.29) is 28.0 Å². The number of benzene rings is 1. The minimum absolute atomic E-state index is 0.0757. The maximum absolute atomic E-state index is 12.7. The fraction of sp³-hybridized carbons (Fsp3) is 0.519. The number of carboxylic acid groups (broad SMARTS) is 1. The summed E-state index contributed by atoms with van der Waals surface area (Å²) in [5, 5.41) is 21.1. The predicted octanol–water partition coefficient (Wildman–Crippen LogP) is 4.41. The zero-order valence-corrected chi connectivity index (χ0v) is 19.9. The molecule has 1 atom stereocenters. The van der Waals surface area contributed by atoms with Crippen molar-refractivity contribution in [2.75, 3.05) is 11.6 Å². The second kappa shape index (κ2) is 6.65. The molecule has 1 aromatic heterocycles. The van der Waals surface area contributed by atoms with Crippen LogP contribution in [-0.4, -0.2) is 27.9 Å². The number of aromatic carboxylic acids is 1. The van der Waals surface area contributed by atoms with Crippen LogP contribution in [0, 0.1) is 22.2 Å². The van der Waals surface area contributed by atoms with Crippen LogP contribution >= 0.6 is 0 Å². The first kappa shape index (κ1) is 21.3. The third-order valence-electron chi connectivity index (χ3n) is 8.60. The van der Waals surface area contributed by atoms with Crippen molar-refractivity contribution in [2.24, 2.45) is 10.8 Å². The van der Waals surface area contributed by atoms with Gasteiger partial charge in [-0.25, -0.2) is 4.79 Å². The van der Waals surface area contributed by atoms with Crippen molar-refractivity contribution in [1.82, 2.24) is 4.68 Å². The van der Waals surface area contributed by atoms with Crippen molar-refractivity contribution in [1.29, 1.82) is 5.26 Å². The number of nitriles is 1. The van der Waals surface area contributed by atoms with E-state index in [4.69, 9.17) is 4.74 Å². The van der Waals surface area contributed by atoms with Crippen LogP contribution in [0.2, 0.25) is 0 Å². The first-order valence-corrected chi connectivity index (χ1v) is 12.1. The highest BCUT2D eigenvalue weighted by atomic mass is 16.5. The standard InChI is InChI=1S/C27H29N3O4/c1-4-16-7-17-18(8-23(16)34-15-27-11-26(12-27,13-27)14-28)20-5-6-25(2,3)30(20)29-10-19(24(32)33)22(31)9-21(17)29/h7-10,20H,4-6,11-13,15H2,1-3H3,(H,32,33)/t20-,26?,27?/m1/s1. The minimum atomic E-state index is -1.20. The van der Waals surface area contributed by atoms with Gasteiger partial charge in [0.15, 0.2) is 5.43 Å². The molecule has 5 aliphatic rings. The monoisotopic (exact) mass is 459 g/mol. The molecule has 7 nitrogen and oxygen atoms in total. The molecule has 2 aromatic rings. The summed E-state index contributed by atoms with van der Waals surface area (Å²) in [4.78, 5) is 24.4. The Morgan fingerprint density at radius 3 is 2.65 bits per heavy atom. The van der Waals surface area contributed by atoms with E-state index >= 15 is 0 Å². The van der Waals surface area contributed by atoms with Gasteiger partial charge < -0.3 is 9.84 Å². The van der Waals surface area contributed by atoms with Gasteiger partial charge in [0.2, 0.25) is 0 Å². The van der Waals surface area contributed by atoms with Gasteiger partial charge in [0.1, 0.15) is 11.3 Å². The molecule has 1 N–H and O–H groups in total. The largest absolute Gasteiger partial charge is 0.493 e. The molecular weight excluding hydrogens is 430 g/mol. The number of aromatic nitrogens is 1. The van der Waals surface area contributed by atoms with Gasteiger partial charge in [-0.2, -0.15) is 5.26 Å². The summed E-state index contributed by atoms with van der Waals surface area (Å²) in [5.41, 5.74) is 3.10. The van der Waals surface area contributed by atoms with Crippen LogP contribution in [0.3, 0.4) is 0 Å². The van der Waals surface area contributed by atoms with Crippen molar-refractivity contribution >= 4 is 5.97 Å². The number of hydrogen-bond acceptors (Lipinski definition) is 5. The SMILES string of the molecule is CCc1cc2c(cc1OCC13CC(C#N)(C1)C3)[C@H]1CCC(C)(C)N1n1cc(C(=O)O)c(=O)cc1-2. The predicted molar refractivity (Wildman–Crippen MR) is 127 cm³/mol. The topological polar surface area (TPSA) is 95.6 Å². The number of ether oxygens (including phenoxy) is 1. The average Bonchev–Trinajstić information content (AvgIpc) is 3.06. The van der Waals surface area contributed by atoms with Gasteiger partial charge in [-0.3, -0.25) is 14.5 Å². The first-order chi connectivity index (χ1) is 16.1. The summed E-state index contributed by atoms with van der Waals surface area (Å²) in [6, 6.07) is 8.28. The molecule has 2 bridgehead atoms. The van der Waals surface area contributed by atoms with Crippen LogP contribution in [0.1, 0.15) is 80.4 Å². The fourth-order valence-corrected chi connectivity index (χ4v) is 6.99. The lowest BCUT2D eigenvalue weighted by Crippen LogP contribution is -2.63. The Balaban J connectivity index is 1.44. The van der Waals surface area contributed by atoms with Gasteiger partial charge >= 0.3 is 5.97 Å². The Morgan fingerprint density at radius 2 is 2.00 bits per heavy atom. The molecule has 7 heteroatoms. The van der Waals surface area contributed by atoms with Gasteiger partial charge in [0.05, 0.1) is 35.4 Å². The van der Waals surface area contributed by atoms with Crippen molar-refractivity contribution in [3.8, 4) is 23.1 Å². The van der Waals surface area contributed by atoms with E-state index in [0.717, 1.165) is 66.7 Å². The van der Waals surface area contributed by atoms with E-state index in [1.807, 2.05) is 4.68 Å². The van der Waals surface area contributed by atoms with Crippen LogP contribution in [-0.2, 0) is 6.42 Å². The number of hydrogen-bond donors (Lipinski definition) is 1. The Labute approximate surface area is 198 Å². The third kappa shape index (κ3) is 2.74. The fourth-order valence-electron chi connectivity index (χ4n) is 6.99. The Kier molecular flexibility index (Phi) is 4.16. The van der Waals surface area contributed by atoms with Gasteiger partial charge in [0, 0.05) is 23.2 Å². The molecule has 7 rings (SSSR count). The summed E-state index contributed by atoms with van der Waals surface area (Å²) >= 11 is 0. The maximum Gasteiger partial charge on any atom is 0.341 e. The molecule has 3 aliphatic carbocycles. The summed E-state index contributed by atoms with van der Waals surface area (Å²) < 4.78 is 8.31. The van der Waals surface area contributed by atoms with Crippen molar-refractivity contribution in [2.45, 2.75) is 70.9 Å². The minimum Gasteiger partial charge on any atom is -0.493 e. The molecule has 3 saturated carbocycles. The summed E-state index contributed by atoms with van der Waals surface area (Å²) in [5.74, 6) is -0.316. The van der Waals surface area contributed by atoms with E-state index in [9.17, 15) is 20.0 Å². The van der Waals surface area contributed by atoms with Crippen LogP contribution in [0.25, 0.3) is 11.3 Å². The lowest BCUT2D eigenvalue weighted by molar-refractivity contribution is -0.181.